The molecule has 0 aliphatic heterocycles. The number of aryl methyl sites for hydroxylation is 2. The molecule has 2 aliphatic rings. The van der Waals surface area contributed by atoms with Gasteiger partial charge in [0.1, 0.15) is 0 Å². The second-order valence-electron chi connectivity index (χ2n) is 7.50. The van der Waals surface area contributed by atoms with Crippen LogP contribution in [0.2, 0.25) is 0 Å². The van der Waals surface area contributed by atoms with Crippen LogP contribution in [-0.2, 0) is 12.8 Å². The van der Waals surface area contributed by atoms with Crippen molar-refractivity contribution in [1.29, 1.82) is 0 Å². The fourth-order valence-corrected chi connectivity index (χ4v) is 4.36. The van der Waals surface area contributed by atoms with Gasteiger partial charge in [-0.25, -0.2) is 9.67 Å². The minimum Gasteiger partial charge on any atom is -0.353 e. The van der Waals surface area contributed by atoms with E-state index in [2.05, 4.69) is 20.4 Å². The van der Waals surface area contributed by atoms with Crippen molar-refractivity contribution in [1.82, 2.24) is 19.7 Å². The molecule has 134 valence electrons. The van der Waals surface area contributed by atoms with Gasteiger partial charge in [0.05, 0.1) is 22.8 Å². The van der Waals surface area contributed by atoms with Gasteiger partial charge in [-0.15, -0.1) is 0 Å². The summed E-state index contributed by atoms with van der Waals surface area (Å²) in [7, 11) is 0. The van der Waals surface area contributed by atoms with Gasteiger partial charge in [0.2, 0.25) is 5.95 Å². The van der Waals surface area contributed by atoms with Crippen LogP contribution in [0.5, 0.6) is 0 Å². The fourth-order valence-electron chi connectivity index (χ4n) is 4.36. The Bertz CT molecular complexity index is 964. The zero-order chi connectivity index (χ0) is 17.5. The molecule has 2 N–H and O–H groups in total. The van der Waals surface area contributed by atoms with Gasteiger partial charge in [-0.05, 0) is 62.6 Å². The summed E-state index contributed by atoms with van der Waals surface area (Å²) in [6, 6.07) is 10.5. The van der Waals surface area contributed by atoms with E-state index in [0.29, 0.717) is 6.04 Å². The molecule has 1 saturated carbocycles. The first kappa shape index (κ1) is 15.6. The molecule has 3 aromatic rings. The number of nitrogens with one attached hydrogen (secondary N) is 2. The van der Waals surface area contributed by atoms with Gasteiger partial charge in [0.25, 0.3) is 5.56 Å². The third-order valence-electron chi connectivity index (χ3n) is 5.76. The molecule has 2 aromatic heterocycles. The van der Waals surface area contributed by atoms with Gasteiger partial charge >= 0.3 is 0 Å². The number of para-hydroxylation sites is 2. The van der Waals surface area contributed by atoms with E-state index in [4.69, 9.17) is 0 Å². The monoisotopic (exact) mass is 349 g/mol. The number of benzene rings is 1. The standard InChI is InChI=1S/C20H23N5O/c26-19-12-13-4-3-7-16(13)24-25(19)15-10-8-14(9-11-15)21-20-22-17-5-1-2-6-18(17)23-20/h1-2,5-6,12,14-15H,3-4,7-11H2,(H2,21,22,23). The van der Waals surface area contributed by atoms with Crippen molar-refractivity contribution < 1.29 is 0 Å². The Kier molecular flexibility index (Phi) is 3.76. The summed E-state index contributed by atoms with van der Waals surface area (Å²) >= 11 is 0. The molecule has 6 nitrogen and oxygen atoms in total. The lowest BCUT2D eigenvalue weighted by atomic mass is 9.91. The molecule has 0 bridgehead atoms. The first-order valence-corrected chi connectivity index (χ1v) is 9.59. The van der Waals surface area contributed by atoms with E-state index in [9.17, 15) is 4.79 Å². The molecule has 0 atom stereocenters. The summed E-state index contributed by atoms with van der Waals surface area (Å²) < 4.78 is 1.75. The number of aromatic amines is 1. The van der Waals surface area contributed by atoms with Gasteiger partial charge in [0, 0.05) is 12.1 Å². The van der Waals surface area contributed by atoms with Crippen LogP contribution in [0.3, 0.4) is 0 Å². The van der Waals surface area contributed by atoms with Gasteiger partial charge in [-0.1, -0.05) is 12.1 Å². The highest BCUT2D eigenvalue weighted by atomic mass is 16.1. The zero-order valence-corrected chi connectivity index (χ0v) is 14.7. The maximum absolute atomic E-state index is 12.4. The molecule has 5 rings (SSSR count). The number of imidazole rings is 1. The normalized spacial score (nSPS) is 22.5. The number of rotatable bonds is 3. The van der Waals surface area contributed by atoms with E-state index in [-0.39, 0.29) is 11.6 Å². The van der Waals surface area contributed by atoms with Crippen LogP contribution in [-0.4, -0.2) is 25.8 Å². The van der Waals surface area contributed by atoms with E-state index in [0.717, 1.165) is 73.2 Å². The molecule has 0 saturated heterocycles. The molecule has 26 heavy (non-hydrogen) atoms. The first-order valence-electron chi connectivity index (χ1n) is 9.59. The van der Waals surface area contributed by atoms with Crippen molar-refractivity contribution in [3.8, 4) is 0 Å². The largest absolute Gasteiger partial charge is 0.353 e. The number of hydrogen-bond acceptors (Lipinski definition) is 4. The van der Waals surface area contributed by atoms with E-state index in [1.165, 1.54) is 0 Å². The first-order chi connectivity index (χ1) is 12.8. The van der Waals surface area contributed by atoms with Gasteiger partial charge in [-0.2, -0.15) is 5.10 Å². The maximum atomic E-state index is 12.4. The lowest BCUT2D eigenvalue weighted by Crippen LogP contribution is -2.34. The Morgan fingerprint density at radius 3 is 2.81 bits per heavy atom. The van der Waals surface area contributed by atoms with E-state index in [1.54, 1.807) is 4.68 Å². The lowest BCUT2D eigenvalue weighted by molar-refractivity contribution is 0.301. The molecule has 0 spiro atoms. The quantitative estimate of drug-likeness (QED) is 0.761. The summed E-state index contributed by atoms with van der Waals surface area (Å²) in [6.45, 7) is 0. The summed E-state index contributed by atoms with van der Waals surface area (Å²) in [5, 5.41) is 8.20. The van der Waals surface area contributed by atoms with Crippen molar-refractivity contribution >= 4 is 17.0 Å². The summed E-state index contributed by atoms with van der Waals surface area (Å²) in [5.41, 5.74) is 4.40. The molecule has 6 heteroatoms. The smallest absolute Gasteiger partial charge is 0.267 e. The molecule has 1 aromatic carbocycles. The van der Waals surface area contributed by atoms with E-state index < -0.39 is 0 Å². The second-order valence-corrected chi connectivity index (χ2v) is 7.50. The van der Waals surface area contributed by atoms with Crippen molar-refractivity contribution in [3.63, 3.8) is 0 Å². The number of hydrogen-bond donors (Lipinski definition) is 2. The Hall–Kier alpha value is -2.63. The van der Waals surface area contributed by atoms with Gasteiger partial charge < -0.3 is 10.3 Å². The van der Waals surface area contributed by atoms with Crippen molar-refractivity contribution in [2.75, 3.05) is 5.32 Å². The summed E-state index contributed by atoms with van der Waals surface area (Å²) in [5.74, 6) is 0.836. The molecular weight excluding hydrogens is 326 g/mol. The van der Waals surface area contributed by atoms with Crippen LogP contribution in [0.1, 0.15) is 49.4 Å². The topological polar surface area (TPSA) is 75.6 Å². The highest BCUT2D eigenvalue weighted by molar-refractivity contribution is 5.77. The minimum atomic E-state index is 0.0688. The average molecular weight is 349 g/mol. The molecule has 2 aliphatic carbocycles. The van der Waals surface area contributed by atoms with Crippen LogP contribution >= 0.6 is 0 Å². The van der Waals surface area contributed by atoms with Crippen LogP contribution in [0.4, 0.5) is 5.95 Å². The molecule has 0 amide bonds. The Labute approximate surface area is 151 Å². The lowest BCUT2D eigenvalue weighted by Gasteiger charge is -2.29. The number of H-pyrrole nitrogens is 1. The van der Waals surface area contributed by atoms with E-state index in [1.807, 2.05) is 30.3 Å². The van der Waals surface area contributed by atoms with Crippen molar-refractivity contribution in [3.05, 3.63) is 51.9 Å². The molecule has 2 heterocycles. The SMILES string of the molecule is O=c1cc2c(nn1C1CCC(Nc3nc4ccccc4[nH]3)CC1)CCC2. The Morgan fingerprint density at radius 2 is 1.96 bits per heavy atom. The minimum absolute atomic E-state index is 0.0688. The average Bonchev–Trinajstić information content (AvgIpc) is 3.27. The highest BCUT2D eigenvalue weighted by Gasteiger charge is 2.25. The Morgan fingerprint density at radius 1 is 1.12 bits per heavy atom. The van der Waals surface area contributed by atoms with Crippen molar-refractivity contribution in [2.45, 2.75) is 57.0 Å². The van der Waals surface area contributed by atoms with Crippen LogP contribution in [0.15, 0.2) is 35.1 Å². The predicted octanol–water partition coefficient (Wildman–Crippen LogP) is 3.20. The van der Waals surface area contributed by atoms with Crippen molar-refractivity contribution in [2.24, 2.45) is 0 Å². The molecule has 0 radical (unpaired) electrons. The predicted molar refractivity (Wildman–Crippen MR) is 102 cm³/mol. The molecule has 0 unspecified atom stereocenters. The summed E-state index contributed by atoms with van der Waals surface area (Å²) in [6.07, 6.45) is 7.14. The zero-order valence-electron chi connectivity index (χ0n) is 14.7. The van der Waals surface area contributed by atoms with Crippen LogP contribution < -0.4 is 10.9 Å². The van der Waals surface area contributed by atoms with E-state index >= 15 is 0 Å². The second kappa shape index (κ2) is 6.27. The third kappa shape index (κ3) is 2.79. The maximum Gasteiger partial charge on any atom is 0.267 e. The fraction of sp³-hybridized carbons (Fsp3) is 0.450. The van der Waals surface area contributed by atoms with Crippen LogP contribution in [0, 0.1) is 0 Å². The third-order valence-corrected chi connectivity index (χ3v) is 5.76. The highest BCUT2D eigenvalue weighted by Crippen LogP contribution is 2.29. The van der Waals surface area contributed by atoms with Crippen LogP contribution in [0.25, 0.3) is 11.0 Å². The van der Waals surface area contributed by atoms with Gasteiger partial charge in [-0.3, -0.25) is 4.79 Å². The number of fused-ring (bicyclic) bond motifs is 2. The summed E-state index contributed by atoms with van der Waals surface area (Å²) in [4.78, 5) is 20.4. The Balaban J connectivity index is 1.27. The molecule has 1 fully saturated rings. The molecular formula is C20H23N5O. The number of aromatic nitrogens is 4. The van der Waals surface area contributed by atoms with Gasteiger partial charge in [0.15, 0.2) is 0 Å². The number of anilines is 1. The number of nitrogens with zero attached hydrogens (tertiary/aromatic N) is 3.